The van der Waals surface area contributed by atoms with Gasteiger partial charge in [0.05, 0.1) is 17.8 Å². The van der Waals surface area contributed by atoms with Crippen LogP contribution in [-0.2, 0) is 11.2 Å². The zero-order valence-corrected chi connectivity index (χ0v) is 19.3. The van der Waals surface area contributed by atoms with Gasteiger partial charge in [-0.3, -0.25) is 4.79 Å². The summed E-state index contributed by atoms with van der Waals surface area (Å²) in [5.74, 6) is 0. The van der Waals surface area contributed by atoms with Gasteiger partial charge in [-0.15, -0.1) is 0 Å². The number of nitriles is 1. The molecular weight excluding hydrogens is 370 g/mol. The molecule has 30 heavy (non-hydrogen) atoms. The van der Waals surface area contributed by atoms with Gasteiger partial charge in [-0.25, -0.2) is 0 Å². The first-order valence-corrected chi connectivity index (χ1v) is 10.8. The lowest BCUT2D eigenvalue weighted by Crippen LogP contribution is -2.34. The summed E-state index contributed by atoms with van der Waals surface area (Å²) in [6, 6.07) is 17.7. The highest BCUT2D eigenvalue weighted by molar-refractivity contribution is 5.74. The third-order valence-electron chi connectivity index (χ3n) is 4.32. The van der Waals surface area contributed by atoms with E-state index in [-0.39, 0.29) is 6.17 Å². The first-order valence-electron chi connectivity index (χ1n) is 10.8. The molecule has 0 saturated heterocycles. The number of nitrogens with zero attached hydrogens (tertiary/aromatic N) is 1. The molecule has 0 amide bonds. The van der Waals surface area contributed by atoms with Crippen LogP contribution in [0.15, 0.2) is 60.3 Å². The summed E-state index contributed by atoms with van der Waals surface area (Å²) in [5.41, 5.74) is 4.30. The van der Waals surface area contributed by atoms with Crippen LogP contribution in [0.1, 0.15) is 58.6 Å². The second kappa shape index (κ2) is 17.0. The van der Waals surface area contributed by atoms with Gasteiger partial charge >= 0.3 is 0 Å². The van der Waals surface area contributed by atoms with Crippen LogP contribution in [-0.4, -0.2) is 19.5 Å². The van der Waals surface area contributed by atoms with Gasteiger partial charge in [0, 0.05) is 18.2 Å². The molecule has 162 valence electrons. The largest absolute Gasteiger partial charge is 0.376 e. The quantitative estimate of drug-likeness (QED) is 0.328. The maximum absolute atomic E-state index is 11.2. The van der Waals surface area contributed by atoms with E-state index in [2.05, 4.69) is 30.6 Å². The van der Waals surface area contributed by atoms with Crippen molar-refractivity contribution in [3.8, 4) is 17.2 Å². The fourth-order valence-corrected chi connectivity index (χ4v) is 2.31. The van der Waals surface area contributed by atoms with E-state index in [0.29, 0.717) is 17.6 Å². The lowest BCUT2D eigenvalue weighted by molar-refractivity contribution is -0.105. The molecule has 4 heteroatoms. The molecule has 0 saturated carbocycles. The van der Waals surface area contributed by atoms with Crippen molar-refractivity contribution in [1.29, 1.82) is 5.26 Å². The molecule has 2 rings (SSSR count). The lowest BCUT2D eigenvalue weighted by atomic mass is 9.98. The van der Waals surface area contributed by atoms with Crippen molar-refractivity contribution in [1.82, 2.24) is 10.6 Å². The third-order valence-corrected chi connectivity index (χ3v) is 4.32. The highest BCUT2D eigenvalue weighted by atomic mass is 16.1. The molecule has 1 atom stereocenters. The minimum Gasteiger partial charge on any atom is -0.376 e. The molecule has 1 unspecified atom stereocenters. The van der Waals surface area contributed by atoms with Gasteiger partial charge in [0.1, 0.15) is 6.29 Å². The normalized spacial score (nSPS) is 11.0. The Bertz CT molecular complexity index is 787. The predicted octanol–water partition coefficient (Wildman–Crippen LogP) is 5.84. The minimum atomic E-state index is 0.102. The first kappa shape index (κ1) is 27.1. The molecule has 4 nitrogen and oxygen atoms in total. The summed E-state index contributed by atoms with van der Waals surface area (Å²) in [4.78, 5) is 11.2. The van der Waals surface area contributed by atoms with Crippen molar-refractivity contribution in [2.75, 3.05) is 7.05 Å². The number of carbonyl (C=O) groups excluding carboxylic acids is 1. The number of rotatable bonds is 8. The average Bonchev–Trinajstić information content (AvgIpc) is 2.83. The first-order chi connectivity index (χ1) is 14.6. The van der Waals surface area contributed by atoms with Gasteiger partial charge in [0.15, 0.2) is 0 Å². The molecule has 0 aliphatic carbocycles. The van der Waals surface area contributed by atoms with Gasteiger partial charge in [0.25, 0.3) is 0 Å². The van der Waals surface area contributed by atoms with Crippen LogP contribution in [0, 0.1) is 11.3 Å². The van der Waals surface area contributed by atoms with E-state index < -0.39 is 0 Å². The number of allylic oxidation sites excluding steroid dienone is 1. The molecule has 2 aromatic rings. The number of aldehydes is 1. The Labute approximate surface area is 183 Å². The summed E-state index contributed by atoms with van der Waals surface area (Å²) in [6.45, 7) is 10.3. The summed E-state index contributed by atoms with van der Waals surface area (Å²) >= 11 is 0. The topological polar surface area (TPSA) is 64.9 Å². The van der Waals surface area contributed by atoms with Crippen LogP contribution in [0.25, 0.3) is 11.1 Å². The van der Waals surface area contributed by atoms with Gasteiger partial charge in [-0.05, 0) is 36.7 Å². The number of nitrogens with one attached hydrogen (secondary N) is 2. The Morgan fingerprint density at radius 3 is 2.17 bits per heavy atom. The molecule has 0 aromatic heterocycles. The van der Waals surface area contributed by atoms with E-state index in [1.165, 1.54) is 12.8 Å². The van der Waals surface area contributed by atoms with Crippen molar-refractivity contribution >= 4 is 6.29 Å². The highest BCUT2D eigenvalue weighted by Crippen LogP contribution is 2.23. The molecule has 0 aliphatic rings. The van der Waals surface area contributed by atoms with Crippen LogP contribution in [0.4, 0.5) is 0 Å². The molecule has 0 radical (unpaired) electrons. The number of hydrogen-bond acceptors (Lipinski definition) is 4. The van der Waals surface area contributed by atoms with Crippen molar-refractivity contribution in [2.45, 2.75) is 60.0 Å². The van der Waals surface area contributed by atoms with Crippen LogP contribution in [0.2, 0.25) is 0 Å². The Morgan fingerprint density at radius 2 is 1.67 bits per heavy atom. The summed E-state index contributed by atoms with van der Waals surface area (Å²) in [5, 5.41) is 15.4. The fourth-order valence-electron chi connectivity index (χ4n) is 2.31. The second-order valence-corrected chi connectivity index (χ2v) is 6.55. The van der Waals surface area contributed by atoms with E-state index in [0.717, 1.165) is 23.0 Å². The van der Waals surface area contributed by atoms with Crippen LogP contribution >= 0.6 is 0 Å². The molecule has 0 spiro atoms. The number of unbranched alkanes of at least 4 members (excludes halogenated alkanes) is 1. The third kappa shape index (κ3) is 10.0. The predicted molar refractivity (Wildman–Crippen MR) is 128 cm³/mol. The maximum atomic E-state index is 11.2. The molecule has 0 fully saturated rings. The van der Waals surface area contributed by atoms with E-state index in [9.17, 15) is 10.1 Å². The smallest absolute Gasteiger partial charge is 0.147 e. The van der Waals surface area contributed by atoms with Gasteiger partial charge in [-0.2, -0.15) is 5.26 Å². The highest BCUT2D eigenvalue weighted by Gasteiger charge is 2.05. The second-order valence-electron chi connectivity index (χ2n) is 6.55. The number of carbonyl (C=O) groups is 1. The molecule has 0 bridgehead atoms. The van der Waals surface area contributed by atoms with E-state index in [1.807, 2.05) is 76.3 Å². The summed E-state index contributed by atoms with van der Waals surface area (Å²) < 4.78 is 0. The molecule has 0 aliphatic heterocycles. The Kier molecular flexibility index (Phi) is 15.4. The van der Waals surface area contributed by atoms with Gasteiger partial charge < -0.3 is 10.6 Å². The van der Waals surface area contributed by atoms with E-state index in [4.69, 9.17) is 0 Å². The van der Waals surface area contributed by atoms with E-state index in [1.54, 1.807) is 6.20 Å². The van der Waals surface area contributed by atoms with Crippen LogP contribution in [0.3, 0.4) is 0 Å². The Morgan fingerprint density at radius 1 is 1.07 bits per heavy atom. The zero-order chi connectivity index (χ0) is 22.8. The SMILES string of the molecule is CC.CCCC.CNC(C)N/C=C(\C=O)Cc1ccc(-c2ccccc2C#N)cc1. The Hall–Kier alpha value is -2.90. The van der Waals surface area contributed by atoms with Crippen molar-refractivity contribution in [3.63, 3.8) is 0 Å². The van der Waals surface area contributed by atoms with E-state index >= 15 is 0 Å². The monoisotopic (exact) mass is 407 g/mol. The lowest BCUT2D eigenvalue weighted by Gasteiger charge is -2.11. The van der Waals surface area contributed by atoms with Gasteiger partial charge in [-0.1, -0.05) is 83.0 Å². The van der Waals surface area contributed by atoms with Crippen molar-refractivity contribution < 1.29 is 4.79 Å². The average molecular weight is 408 g/mol. The molecule has 0 heterocycles. The number of benzene rings is 2. The maximum Gasteiger partial charge on any atom is 0.147 e. The standard InChI is InChI=1S/C20H21N3O.C4H10.C2H6/c1-15(22-2)23-13-17(14-24)11-16-7-9-18(10-8-16)20-6-4-3-5-19(20)12-21;1-3-4-2;1-2/h3-10,13-15,22-23H,11H2,1-2H3;3-4H2,1-2H3;1-2H3/b17-13-;;. The summed E-state index contributed by atoms with van der Waals surface area (Å²) in [7, 11) is 1.85. The number of hydrogen-bond donors (Lipinski definition) is 2. The minimum absolute atomic E-state index is 0.102. The molecule has 2 aromatic carbocycles. The van der Waals surface area contributed by atoms with Crippen molar-refractivity contribution in [2.24, 2.45) is 0 Å². The van der Waals surface area contributed by atoms with Crippen molar-refractivity contribution in [3.05, 3.63) is 71.4 Å². The van der Waals surface area contributed by atoms with Crippen LogP contribution < -0.4 is 10.6 Å². The summed E-state index contributed by atoms with van der Waals surface area (Å²) in [6.07, 6.45) is 5.92. The Balaban J connectivity index is 0.00000125. The zero-order valence-electron chi connectivity index (χ0n) is 19.3. The molecular formula is C26H37N3O. The fraction of sp³-hybridized carbons (Fsp3) is 0.385. The van der Waals surface area contributed by atoms with Crippen LogP contribution in [0.5, 0.6) is 0 Å². The molecule has 2 N–H and O–H groups in total. The van der Waals surface area contributed by atoms with Gasteiger partial charge in [0.2, 0.25) is 0 Å².